The lowest BCUT2D eigenvalue weighted by molar-refractivity contribution is -0.385. The number of nitro benzene ring substituents is 1. The monoisotopic (exact) mass is 434 g/mol. The van der Waals surface area contributed by atoms with Gasteiger partial charge < -0.3 is 0 Å². The number of nitro groups is 1. The largest absolute Gasteiger partial charge is 0.280 e. The molecular formula is C17H14N4O6S2. The molecule has 1 aromatic heterocycles. The van der Waals surface area contributed by atoms with Crippen LogP contribution in [0, 0.1) is 10.1 Å². The van der Waals surface area contributed by atoms with Crippen molar-refractivity contribution in [2.75, 3.05) is 11.0 Å². The normalized spacial score (nSPS) is 11.8. The highest BCUT2D eigenvalue weighted by Gasteiger charge is 2.18. The zero-order valence-corrected chi connectivity index (χ0v) is 16.5. The van der Waals surface area contributed by atoms with Crippen LogP contribution in [0.2, 0.25) is 0 Å². The second-order valence-electron chi connectivity index (χ2n) is 5.97. The van der Waals surface area contributed by atoms with Crippen molar-refractivity contribution in [3.05, 3.63) is 70.8 Å². The first-order chi connectivity index (χ1) is 13.6. The number of hydrogen-bond acceptors (Lipinski definition) is 8. The van der Waals surface area contributed by atoms with Crippen molar-refractivity contribution in [1.29, 1.82) is 0 Å². The summed E-state index contributed by atoms with van der Waals surface area (Å²) in [5.41, 5.74) is 0.904. The molecule has 1 N–H and O–H groups in total. The van der Waals surface area contributed by atoms with Crippen LogP contribution in [-0.4, -0.2) is 38.2 Å². The highest BCUT2D eigenvalue weighted by atomic mass is 32.2. The molecule has 0 bridgehead atoms. The Kier molecular flexibility index (Phi) is 5.31. The predicted molar refractivity (Wildman–Crippen MR) is 104 cm³/mol. The molecule has 0 atom stereocenters. The van der Waals surface area contributed by atoms with Crippen molar-refractivity contribution in [3.63, 3.8) is 0 Å². The minimum absolute atomic E-state index is 0.150. The predicted octanol–water partition coefficient (Wildman–Crippen LogP) is 2.26. The fourth-order valence-corrected chi connectivity index (χ4v) is 3.96. The molecule has 3 rings (SSSR count). The van der Waals surface area contributed by atoms with Gasteiger partial charge in [0.2, 0.25) is 0 Å². The van der Waals surface area contributed by atoms with E-state index in [0.29, 0.717) is 11.3 Å². The van der Waals surface area contributed by atoms with E-state index in [1.165, 1.54) is 42.5 Å². The van der Waals surface area contributed by atoms with Gasteiger partial charge in [-0.1, -0.05) is 18.2 Å². The summed E-state index contributed by atoms with van der Waals surface area (Å²) in [6, 6.07) is 13.6. The first-order valence-corrected chi connectivity index (χ1v) is 11.4. The standard InChI is InChI=1S/C17H14N4O6S2/c1-28(24,25)17-10-9-16(18-19-17)12-5-7-13(8-6-12)20-29(26,27)15-4-2-3-14(11-15)21(22)23/h2-11,20H,1H3. The van der Waals surface area contributed by atoms with Crippen molar-refractivity contribution in [2.45, 2.75) is 9.92 Å². The Bertz CT molecular complexity index is 1270. The third-order valence-electron chi connectivity index (χ3n) is 3.79. The van der Waals surface area contributed by atoms with Gasteiger partial charge in [-0.05, 0) is 30.3 Å². The minimum Gasteiger partial charge on any atom is -0.280 e. The molecule has 10 nitrogen and oxygen atoms in total. The maximum absolute atomic E-state index is 12.4. The van der Waals surface area contributed by atoms with Crippen LogP contribution in [0.3, 0.4) is 0 Å². The highest BCUT2D eigenvalue weighted by Crippen LogP contribution is 2.23. The molecule has 0 amide bonds. The number of rotatable bonds is 6. The van der Waals surface area contributed by atoms with Gasteiger partial charge in [0.25, 0.3) is 15.7 Å². The Morgan fingerprint density at radius 1 is 0.931 bits per heavy atom. The zero-order valence-electron chi connectivity index (χ0n) is 14.9. The fourth-order valence-electron chi connectivity index (χ4n) is 2.36. The summed E-state index contributed by atoms with van der Waals surface area (Å²) < 4.78 is 50.1. The molecule has 0 spiro atoms. The Balaban J connectivity index is 1.82. The van der Waals surface area contributed by atoms with E-state index in [0.717, 1.165) is 12.3 Å². The molecule has 2 aromatic carbocycles. The summed E-state index contributed by atoms with van der Waals surface area (Å²) in [4.78, 5) is 9.92. The Labute approximate surface area is 166 Å². The quantitative estimate of drug-likeness (QED) is 0.458. The van der Waals surface area contributed by atoms with Crippen LogP contribution in [0.5, 0.6) is 0 Å². The first kappa shape index (κ1) is 20.4. The number of non-ortho nitro benzene ring substituents is 1. The van der Waals surface area contributed by atoms with Gasteiger partial charge in [0, 0.05) is 29.6 Å². The molecule has 0 saturated heterocycles. The van der Waals surface area contributed by atoms with Gasteiger partial charge in [0.15, 0.2) is 14.9 Å². The average molecular weight is 434 g/mol. The van der Waals surface area contributed by atoms with E-state index < -0.39 is 24.8 Å². The summed E-state index contributed by atoms with van der Waals surface area (Å²) in [7, 11) is -7.47. The molecule has 0 radical (unpaired) electrons. The third kappa shape index (κ3) is 4.73. The van der Waals surface area contributed by atoms with Gasteiger partial charge in [-0.3, -0.25) is 14.8 Å². The number of sulfonamides is 1. The molecule has 3 aromatic rings. The van der Waals surface area contributed by atoms with Gasteiger partial charge in [-0.15, -0.1) is 10.2 Å². The number of sulfone groups is 1. The van der Waals surface area contributed by atoms with Crippen molar-refractivity contribution in [2.24, 2.45) is 0 Å². The fraction of sp³-hybridized carbons (Fsp3) is 0.0588. The van der Waals surface area contributed by atoms with Gasteiger partial charge >= 0.3 is 0 Å². The lowest BCUT2D eigenvalue weighted by Gasteiger charge is -2.09. The average Bonchev–Trinajstić information content (AvgIpc) is 2.68. The zero-order chi connectivity index (χ0) is 21.2. The van der Waals surface area contributed by atoms with E-state index in [1.807, 2.05) is 0 Å². The summed E-state index contributed by atoms with van der Waals surface area (Å²) in [5, 5.41) is 18.2. The van der Waals surface area contributed by atoms with Gasteiger partial charge in [0.1, 0.15) is 0 Å². The highest BCUT2D eigenvalue weighted by molar-refractivity contribution is 7.92. The van der Waals surface area contributed by atoms with Gasteiger partial charge in [-0.25, -0.2) is 16.8 Å². The van der Waals surface area contributed by atoms with Crippen molar-refractivity contribution in [3.8, 4) is 11.3 Å². The van der Waals surface area contributed by atoms with Crippen LogP contribution in [-0.2, 0) is 19.9 Å². The Morgan fingerprint density at radius 2 is 1.62 bits per heavy atom. The van der Waals surface area contributed by atoms with Gasteiger partial charge in [-0.2, -0.15) is 0 Å². The van der Waals surface area contributed by atoms with Crippen LogP contribution in [0.25, 0.3) is 11.3 Å². The lowest BCUT2D eigenvalue weighted by Crippen LogP contribution is -2.13. The third-order valence-corrected chi connectivity index (χ3v) is 6.15. The molecule has 1 heterocycles. The molecule has 0 aliphatic rings. The minimum atomic E-state index is -4.02. The van der Waals surface area contributed by atoms with Crippen LogP contribution in [0.4, 0.5) is 11.4 Å². The maximum Gasteiger partial charge on any atom is 0.270 e. The smallest absolute Gasteiger partial charge is 0.270 e. The van der Waals surface area contributed by atoms with E-state index >= 15 is 0 Å². The van der Waals surface area contributed by atoms with Crippen LogP contribution >= 0.6 is 0 Å². The molecule has 29 heavy (non-hydrogen) atoms. The molecule has 150 valence electrons. The number of anilines is 1. The SMILES string of the molecule is CS(=O)(=O)c1ccc(-c2ccc(NS(=O)(=O)c3cccc([N+](=O)[O-])c3)cc2)nn1. The second-order valence-corrected chi connectivity index (χ2v) is 9.61. The molecule has 0 fully saturated rings. The molecule has 0 aliphatic heterocycles. The number of hydrogen-bond donors (Lipinski definition) is 1. The summed E-state index contributed by atoms with van der Waals surface area (Å²) in [6.45, 7) is 0. The second kappa shape index (κ2) is 7.56. The number of aromatic nitrogens is 2. The van der Waals surface area contributed by atoms with Gasteiger partial charge in [0.05, 0.1) is 15.5 Å². The van der Waals surface area contributed by atoms with E-state index in [2.05, 4.69) is 14.9 Å². The van der Waals surface area contributed by atoms with E-state index in [9.17, 15) is 26.9 Å². The number of nitrogens with zero attached hydrogens (tertiary/aromatic N) is 3. The van der Waals surface area contributed by atoms with Crippen LogP contribution in [0.1, 0.15) is 0 Å². The molecular weight excluding hydrogens is 420 g/mol. The first-order valence-electron chi connectivity index (χ1n) is 7.98. The molecule has 0 saturated carbocycles. The van der Waals surface area contributed by atoms with Crippen LogP contribution in [0.15, 0.2) is 70.6 Å². The van der Waals surface area contributed by atoms with Crippen LogP contribution < -0.4 is 4.72 Å². The summed E-state index contributed by atoms with van der Waals surface area (Å²) in [6.07, 6.45) is 1.03. The summed E-state index contributed by atoms with van der Waals surface area (Å²) in [5.74, 6) is 0. The molecule has 0 unspecified atom stereocenters. The summed E-state index contributed by atoms with van der Waals surface area (Å²) >= 11 is 0. The topological polar surface area (TPSA) is 149 Å². The van der Waals surface area contributed by atoms with Crippen molar-refractivity contribution in [1.82, 2.24) is 10.2 Å². The lowest BCUT2D eigenvalue weighted by atomic mass is 10.1. The van der Waals surface area contributed by atoms with E-state index in [1.54, 1.807) is 12.1 Å². The van der Waals surface area contributed by atoms with Crippen molar-refractivity contribution >= 4 is 31.2 Å². The molecule has 0 aliphatic carbocycles. The molecule has 12 heteroatoms. The number of nitrogens with one attached hydrogen (secondary N) is 1. The number of benzene rings is 2. The van der Waals surface area contributed by atoms with E-state index in [4.69, 9.17) is 0 Å². The van der Waals surface area contributed by atoms with E-state index in [-0.39, 0.29) is 21.3 Å². The van der Waals surface area contributed by atoms with Crippen molar-refractivity contribution < 1.29 is 21.8 Å². The Morgan fingerprint density at radius 3 is 2.17 bits per heavy atom. The Hall–Kier alpha value is -3.38. The maximum atomic E-state index is 12.4.